The van der Waals surface area contributed by atoms with Gasteiger partial charge < -0.3 is 0 Å². The van der Waals surface area contributed by atoms with E-state index in [4.69, 9.17) is 5.26 Å². The van der Waals surface area contributed by atoms with E-state index in [0.717, 1.165) is 0 Å². The summed E-state index contributed by atoms with van der Waals surface area (Å²) in [4.78, 5) is 0. The van der Waals surface area contributed by atoms with Crippen LogP contribution in [0.4, 0.5) is 13.2 Å². The topological polar surface area (TPSA) is 35.8 Å². The van der Waals surface area contributed by atoms with Crippen molar-refractivity contribution in [1.29, 1.82) is 5.26 Å². The number of alkyl halides is 3. The molecule has 0 radical (unpaired) electrons. The maximum absolute atomic E-state index is 11.8. The summed E-state index contributed by atoms with van der Waals surface area (Å²) in [5.74, 6) is 0. The SMILES string of the molecule is CCC(C#N)NC(C)CC(F)(F)F. The van der Waals surface area contributed by atoms with Gasteiger partial charge >= 0.3 is 6.18 Å². The number of rotatable bonds is 4. The zero-order chi connectivity index (χ0) is 10.5. The van der Waals surface area contributed by atoms with Gasteiger partial charge in [-0.15, -0.1) is 0 Å². The van der Waals surface area contributed by atoms with Crippen molar-refractivity contribution in [2.24, 2.45) is 0 Å². The highest BCUT2D eigenvalue weighted by atomic mass is 19.4. The summed E-state index contributed by atoms with van der Waals surface area (Å²) in [6.07, 6.45) is -4.55. The minimum Gasteiger partial charge on any atom is -0.299 e. The lowest BCUT2D eigenvalue weighted by atomic mass is 10.2. The summed E-state index contributed by atoms with van der Waals surface area (Å²) < 4.78 is 35.5. The highest BCUT2D eigenvalue weighted by Crippen LogP contribution is 2.21. The zero-order valence-electron chi connectivity index (χ0n) is 7.65. The lowest BCUT2D eigenvalue weighted by Gasteiger charge is -2.18. The molecule has 0 saturated heterocycles. The molecule has 0 amide bonds. The van der Waals surface area contributed by atoms with Crippen LogP contribution in [0.5, 0.6) is 0 Å². The first-order chi connectivity index (χ1) is 5.89. The summed E-state index contributed by atoms with van der Waals surface area (Å²) in [6.45, 7) is 3.18. The van der Waals surface area contributed by atoms with E-state index in [2.05, 4.69) is 5.32 Å². The molecular weight excluding hydrogens is 181 g/mol. The van der Waals surface area contributed by atoms with Crippen LogP contribution < -0.4 is 5.32 Å². The fourth-order valence-electron chi connectivity index (χ4n) is 0.996. The van der Waals surface area contributed by atoms with Gasteiger partial charge in [0.05, 0.1) is 18.5 Å². The van der Waals surface area contributed by atoms with Gasteiger partial charge in [0, 0.05) is 6.04 Å². The lowest BCUT2D eigenvalue weighted by molar-refractivity contribution is -0.139. The Labute approximate surface area is 75.7 Å². The van der Waals surface area contributed by atoms with E-state index in [9.17, 15) is 13.2 Å². The fourth-order valence-corrected chi connectivity index (χ4v) is 0.996. The second-order valence-corrected chi connectivity index (χ2v) is 2.98. The van der Waals surface area contributed by atoms with Gasteiger partial charge in [-0.25, -0.2) is 0 Å². The molecule has 0 aliphatic carbocycles. The van der Waals surface area contributed by atoms with E-state index < -0.39 is 24.7 Å². The predicted molar refractivity (Wildman–Crippen MR) is 43.0 cm³/mol. The van der Waals surface area contributed by atoms with Crippen LogP contribution in [0.2, 0.25) is 0 Å². The summed E-state index contributed by atoms with van der Waals surface area (Å²) in [6, 6.07) is 0.697. The summed E-state index contributed by atoms with van der Waals surface area (Å²) in [7, 11) is 0. The van der Waals surface area contributed by atoms with E-state index >= 15 is 0 Å². The lowest BCUT2D eigenvalue weighted by Crippen LogP contribution is -2.37. The number of nitrogens with zero attached hydrogens (tertiary/aromatic N) is 1. The Bertz CT molecular complexity index is 183. The Morgan fingerprint density at radius 3 is 2.31 bits per heavy atom. The van der Waals surface area contributed by atoms with E-state index in [1.165, 1.54) is 6.92 Å². The summed E-state index contributed by atoms with van der Waals surface area (Å²) in [5, 5.41) is 11.1. The standard InChI is InChI=1S/C8H13F3N2/c1-3-7(5-12)13-6(2)4-8(9,10)11/h6-7,13H,3-4H2,1-2H3. The number of nitriles is 1. The molecule has 0 bridgehead atoms. The fraction of sp³-hybridized carbons (Fsp3) is 0.875. The molecule has 2 unspecified atom stereocenters. The van der Waals surface area contributed by atoms with Gasteiger partial charge in [-0.3, -0.25) is 5.32 Å². The van der Waals surface area contributed by atoms with Gasteiger partial charge in [0.15, 0.2) is 0 Å². The molecule has 0 aromatic carbocycles. The highest BCUT2D eigenvalue weighted by Gasteiger charge is 2.30. The molecule has 0 aliphatic rings. The second kappa shape index (κ2) is 5.07. The Hall–Kier alpha value is -0.760. The van der Waals surface area contributed by atoms with E-state index in [0.29, 0.717) is 6.42 Å². The molecule has 2 nitrogen and oxygen atoms in total. The first-order valence-electron chi connectivity index (χ1n) is 4.11. The van der Waals surface area contributed by atoms with E-state index in [1.54, 1.807) is 6.92 Å². The van der Waals surface area contributed by atoms with Crippen molar-refractivity contribution in [3.05, 3.63) is 0 Å². The molecule has 0 spiro atoms. The number of hydrogen-bond acceptors (Lipinski definition) is 2. The maximum Gasteiger partial charge on any atom is 0.390 e. The molecule has 0 aromatic rings. The molecule has 0 aliphatic heterocycles. The third kappa shape index (κ3) is 6.41. The normalized spacial score (nSPS) is 16.3. The summed E-state index contributed by atoms with van der Waals surface area (Å²) >= 11 is 0. The van der Waals surface area contributed by atoms with Gasteiger partial charge in [-0.1, -0.05) is 6.92 Å². The van der Waals surface area contributed by atoms with Crippen molar-refractivity contribution < 1.29 is 13.2 Å². The second-order valence-electron chi connectivity index (χ2n) is 2.98. The number of halogens is 3. The van der Waals surface area contributed by atoms with Crippen LogP contribution in [0.25, 0.3) is 0 Å². The minimum absolute atomic E-state index is 0.489. The highest BCUT2D eigenvalue weighted by molar-refractivity contribution is 4.90. The quantitative estimate of drug-likeness (QED) is 0.744. The molecule has 5 heteroatoms. The van der Waals surface area contributed by atoms with Crippen molar-refractivity contribution in [2.75, 3.05) is 0 Å². The predicted octanol–water partition coefficient (Wildman–Crippen LogP) is 2.22. The van der Waals surface area contributed by atoms with Crippen LogP contribution in [-0.2, 0) is 0 Å². The number of nitrogens with one attached hydrogen (secondary N) is 1. The third-order valence-corrected chi connectivity index (χ3v) is 1.59. The molecule has 1 N–H and O–H groups in total. The Morgan fingerprint density at radius 2 is 2.00 bits per heavy atom. The van der Waals surface area contributed by atoms with Crippen LogP contribution >= 0.6 is 0 Å². The smallest absolute Gasteiger partial charge is 0.299 e. The van der Waals surface area contributed by atoms with E-state index in [-0.39, 0.29) is 0 Å². The molecule has 76 valence electrons. The Balaban J connectivity index is 3.87. The molecule has 2 atom stereocenters. The molecule has 13 heavy (non-hydrogen) atoms. The van der Waals surface area contributed by atoms with Crippen molar-refractivity contribution in [3.63, 3.8) is 0 Å². The first kappa shape index (κ1) is 12.2. The van der Waals surface area contributed by atoms with Gasteiger partial charge in [-0.05, 0) is 13.3 Å². The molecule has 0 fully saturated rings. The number of hydrogen-bond donors (Lipinski definition) is 1. The minimum atomic E-state index is -4.17. The van der Waals surface area contributed by atoms with Gasteiger partial charge in [0.25, 0.3) is 0 Å². The van der Waals surface area contributed by atoms with Crippen molar-refractivity contribution >= 4 is 0 Å². The van der Waals surface area contributed by atoms with Crippen LogP contribution in [0.1, 0.15) is 26.7 Å². The third-order valence-electron chi connectivity index (χ3n) is 1.59. The Kier molecular flexibility index (Phi) is 4.78. The van der Waals surface area contributed by atoms with Crippen LogP contribution in [0.3, 0.4) is 0 Å². The van der Waals surface area contributed by atoms with Crippen molar-refractivity contribution in [1.82, 2.24) is 5.32 Å². The maximum atomic E-state index is 11.8. The monoisotopic (exact) mass is 194 g/mol. The molecule has 0 rings (SSSR count). The zero-order valence-corrected chi connectivity index (χ0v) is 7.65. The van der Waals surface area contributed by atoms with E-state index in [1.807, 2.05) is 6.07 Å². The molecule has 0 aromatic heterocycles. The van der Waals surface area contributed by atoms with Gasteiger partial charge in [0.1, 0.15) is 0 Å². The van der Waals surface area contributed by atoms with Crippen molar-refractivity contribution in [3.8, 4) is 6.07 Å². The van der Waals surface area contributed by atoms with Crippen LogP contribution in [0.15, 0.2) is 0 Å². The molecule has 0 heterocycles. The molecular formula is C8H13F3N2. The van der Waals surface area contributed by atoms with Crippen LogP contribution in [-0.4, -0.2) is 18.3 Å². The largest absolute Gasteiger partial charge is 0.390 e. The molecule has 0 saturated carbocycles. The van der Waals surface area contributed by atoms with Gasteiger partial charge in [-0.2, -0.15) is 18.4 Å². The Morgan fingerprint density at radius 1 is 1.46 bits per heavy atom. The van der Waals surface area contributed by atoms with Crippen LogP contribution in [0, 0.1) is 11.3 Å². The summed E-state index contributed by atoms with van der Waals surface area (Å²) in [5.41, 5.74) is 0. The first-order valence-corrected chi connectivity index (χ1v) is 4.11. The average molecular weight is 194 g/mol. The average Bonchev–Trinajstić information content (AvgIpc) is 1.96. The van der Waals surface area contributed by atoms with Gasteiger partial charge in [0.2, 0.25) is 0 Å². The van der Waals surface area contributed by atoms with Crippen molar-refractivity contribution in [2.45, 2.75) is 44.9 Å².